The number of hydrogen-bond donors (Lipinski definition) is 2. The molecule has 0 radical (unpaired) electrons. The van der Waals surface area contributed by atoms with Crippen LogP contribution in [-0.2, 0) is 14.3 Å². The smallest absolute Gasteiger partial charge is 0.413 e. The molecule has 194 valence electrons. The van der Waals surface area contributed by atoms with Crippen LogP contribution in [0, 0.1) is 0 Å². The normalized spacial score (nSPS) is 20.1. The number of carbonyl (C=O) groups excluding carboxylic acids is 3. The van der Waals surface area contributed by atoms with Gasteiger partial charge in [0, 0.05) is 18.0 Å². The molecule has 1 saturated heterocycles. The van der Waals surface area contributed by atoms with Crippen LogP contribution in [0.3, 0.4) is 0 Å². The van der Waals surface area contributed by atoms with Crippen LogP contribution in [0.4, 0.5) is 4.79 Å². The van der Waals surface area contributed by atoms with Crippen molar-refractivity contribution in [1.29, 1.82) is 0 Å². The maximum atomic E-state index is 13.3. The molecule has 2 amide bonds. The fourth-order valence-corrected chi connectivity index (χ4v) is 4.74. The molecular weight excluding hydrogens is 472 g/mol. The van der Waals surface area contributed by atoms with E-state index in [2.05, 4.69) is 11.4 Å². The second-order valence-corrected chi connectivity index (χ2v) is 10.2. The Balaban J connectivity index is 1.75. The average molecular weight is 505 g/mol. The van der Waals surface area contributed by atoms with Gasteiger partial charge in [-0.15, -0.1) is 0 Å². The summed E-state index contributed by atoms with van der Waals surface area (Å²) in [5.41, 5.74) is 0.533. The monoisotopic (exact) mass is 504 g/mol. The van der Waals surface area contributed by atoms with E-state index in [1.54, 1.807) is 20.8 Å². The predicted molar refractivity (Wildman–Crippen MR) is 139 cm³/mol. The van der Waals surface area contributed by atoms with Crippen LogP contribution in [0.1, 0.15) is 55.5 Å². The first-order chi connectivity index (χ1) is 17.7. The zero-order valence-electron chi connectivity index (χ0n) is 21.2. The first kappa shape index (κ1) is 26.0. The number of nitrogens with one attached hydrogen (secondary N) is 1. The number of carbonyl (C=O) groups is 3. The maximum absolute atomic E-state index is 13.3. The highest BCUT2D eigenvalue weighted by Crippen LogP contribution is 2.34. The molecule has 4 rings (SSSR count). The highest BCUT2D eigenvalue weighted by molar-refractivity contribution is 5.94. The summed E-state index contributed by atoms with van der Waals surface area (Å²) in [6.45, 7) is 5.88. The SMILES string of the molecule is CC(C)(C)OC(=O)N1CCC[C@H](c2ccc3ccccc3c2)[C@@H](NC(=O)c2ccc(O)cc2)C1OC=O. The van der Waals surface area contributed by atoms with Crippen LogP contribution in [0.15, 0.2) is 66.7 Å². The lowest BCUT2D eigenvalue weighted by atomic mass is 9.86. The van der Waals surface area contributed by atoms with Crippen molar-refractivity contribution in [3.05, 3.63) is 77.9 Å². The van der Waals surface area contributed by atoms with Crippen LogP contribution in [0.2, 0.25) is 0 Å². The Kier molecular flexibility index (Phi) is 7.66. The standard InChI is InChI=1S/C29H32N2O6/c1-29(2,3)37-28(35)31-16-6-9-24(22-11-10-19-7-4-5-8-21(19)17-22)25(27(31)36-18-32)30-26(34)20-12-14-23(33)15-13-20/h4-5,7-8,10-15,17-18,24-25,27,33H,6,9,16H2,1-3H3,(H,30,34)/t24-,25-,27?/m1/s1. The number of benzene rings is 3. The molecule has 1 aliphatic heterocycles. The van der Waals surface area contributed by atoms with E-state index in [9.17, 15) is 19.5 Å². The number of ether oxygens (including phenoxy) is 2. The van der Waals surface area contributed by atoms with Crippen molar-refractivity contribution in [2.75, 3.05) is 6.54 Å². The number of hydrogen-bond acceptors (Lipinski definition) is 6. The number of phenolic OH excluding ortho intramolecular Hbond substituents is 1. The number of fused-ring (bicyclic) bond motifs is 1. The molecule has 2 N–H and O–H groups in total. The van der Waals surface area contributed by atoms with Crippen molar-refractivity contribution in [1.82, 2.24) is 10.2 Å². The molecule has 0 spiro atoms. The Bertz CT molecular complexity index is 1270. The van der Waals surface area contributed by atoms with Crippen molar-refractivity contribution in [3.8, 4) is 5.75 Å². The molecule has 37 heavy (non-hydrogen) atoms. The Hall–Kier alpha value is -4.07. The molecule has 8 nitrogen and oxygen atoms in total. The van der Waals surface area contributed by atoms with Crippen molar-refractivity contribution in [3.63, 3.8) is 0 Å². The van der Waals surface area contributed by atoms with Gasteiger partial charge < -0.3 is 19.9 Å². The van der Waals surface area contributed by atoms with E-state index >= 15 is 0 Å². The minimum atomic E-state index is -1.09. The minimum absolute atomic E-state index is 0.0401. The summed E-state index contributed by atoms with van der Waals surface area (Å²) in [5.74, 6) is -0.636. The quantitative estimate of drug-likeness (QED) is 0.476. The number of amides is 2. The van der Waals surface area contributed by atoms with Crippen LogP contribution in [0.5, 0.6) is 5.75 Å². The molecule has 8 heteroatoms. The Morgan fingerprint density at radius 2 is 1.73 bits per heavy atom. The first-order valence-electron chi connectivity index (χ1n) is 12.3. The van der Waals surface area contributed by atoms with Crippen molar-refractivity contribution in [2.45, 2.75) is 57.4 Å². The van der Waals surface area contributed by atoms with Crippen molar-refractivity contribution in [2.24, 2.45) is 0 Å². The third-order valence-corrected chi connectivity index (χ3v) is 6.41. The van der Waals surface area contributed by atoms with Gasteiger partial charge in [-0.1, -0.05) is 42.5 Å². The van der Waals surface area contributed by atoms with Crippen molar-refractivity contribution >= 4 is 29.2 Å². The van der Waals surface area contributed by atoms with E-state index in [4.69, 9.17) is 9.47 Å². The molecule has 1 heterocycles. The number of rotatable bonds is 5. The molecular formula is C29H32N2O6. The van der Waals surface area contributed by atoms with E-state index in [1.807, 2.05) is 36.4 Å². The highest BCUT2D eigenvalue weighted by Gasteiger charge is 2.42. The molecule has 0 aliphatic carbocycles. The predicted octanol–water partition coefficient (Wildman–Crippen LogP) is 4.96. The average Bonchev–Trinajstić information content (AvgIpc) is 3.03. The minimum Gasteiger partial charge on any atom is -0.508 e. The molecule has 1 unspecified atom stereocenters. The zero-order valence-corrected chi connectivity index (χ0v) is 21.2. The van der Waals surface area contributed by atoms with Gasteiger partial charge in [-0.25, -0.2) is 4.79 Å². The Labute approximate surface area is 216 Å². The molecule has 1 fully saturated rings. The zero-order chi connectivity index (χ0) is 26.6. The van der Waals surface area contributed by atoms with Gasteiger partial charge in [-0.3, -0.25) is 14.5 Å². The highest BCUT2D eigenvalue weighted by atomic mass is 16.6. The largest absolute Gasteiger partial charge is 0.508 e. The van der Waals surface area contributed by atoms with Crippen LogP contribution < -0.4 is 5.32 Å². The van der Waals surface area contributed by atoms with Gasteiger partial charge >= 0.3 is 6.09 Å². The van der Waals surface area contributed by atoms with E-state index in [1.165, 1.54) is 29.2 Å². The summed E-state index contributed by atoms with van der Waals surface area (Å²) in [6.07, 6.45) is -0.465. The summed E-state index contributed by atoms with van der Waals surface area (Å²) in [6, 6.07) is 19.2. The molecule has 0 bridgehead atoms. The lowest BCUT2D eigenvalue weighted by Gasteiger charge is -2.37. The van der Waals surface area contributed by atoms with E-state index in [-0.39, 0.29) is 11.7 Å². The van der Waals surface area contributed by atoms with Gasteiger partial charge in [0.15, 0.2) is 0 Å². The number of phenols is 1. The molecule has 3 aromatic carbocycles. The van der Waals surface area contributed by atoms with E-state index in [0.29, 0.717) is 31.4 Å². The van der Waals surface area contributed by atoms with E-state index in [0.717, 1.165) is 16.3 Å². The Morgan fingerprint density at radius 3 is 2.41 bits per heavy atom. The maximum Gasteiger partial charge on any atom is 0.413 e. The molecule has 1 aliphatic rings. The Morgan fingerprint density at radius 1 is 1.03 bits per heavy atom. The van der Waals surface area contributed by atoms with Gasteiger partial charge in [0.2, 0.25) is 6.23 Å². The topological polar surface area (TPSA) is 105 Å². The molecule has 3 atom stereocenters. The number of nitrogens with zero attached hydrogens (tertiary/aromatic N) is 1. The van der Waals surface area contributed by atoms with Gasteiger partial charge in [0.05, 0.1) is 6.04 Å². The summed E-state index contributed by atoms with van der Waals surface area (Å²) in [4.78, 5) is 39.5. The lowest BCUT2D eigenvalue weighted by molar-refractivity contribution is -0.145. The number of likely N-dealkylation sites (tertiary alicyclic amines) is 1. The third-order valence-electron chi connectivity index (χ3n) is 6.41. The molecule has 0 aromatic heterocycles. The first-order valence-corrected chi connectivity index (χ1v) is 12.3. The van der Waals surface area contributed by atoms with Crippen LogP contribution in [-0.4, -0.2) is 52.9 Å². The summed E-state index contributed by atoms with van der Waals surface area (Å²) >= 11 is 0. The molecule has 3 aromatic rings. The third kappa shape index (κ3) is 6.20. The second kappa shape index (κ2) is 10.9. The van der Waals surface area contributed by atoms with Gasteiger partial charge in [0.25, 0.3) is 12.4 Å². The fraction of sp³-hybridized carbons (Fsp3) is 0.345. The van der Waals surface area contributed by atoms with Crippen molar-refractivity contribution < 1.29 is 29.0 Å². The van der Waals surface area contributed by atoms with Gasteiger partial charge in [0.1, 0.15) is 11.4 Å². The van der Waals surface area contributed by atoms with Gasteiger partial charge in [-0.05, 0) is 74.2 Å². The second-order valence-electron chi connectivity index (χ2n) is 10.2. The summed E-state index contributed by atoms with van der Waals surface area (Å²) in [5, 5.41) is 14.8. The van der Waals surface area contributed by atoms with Crippen LogP contribution in [0.25, 0.3) is 10.8 Å². The fourth-order valence-electron chi connectivity index (χ4n) is 4.74. The molecule has 0 saturated carbocycles. The van der Waals surface area contributed by atoms with Gasteiger partial charge in [-0.2, -0.15) is 0 Å². The number of aromatic hydroxyl groups is 1. The van der Waals surface area contributed by atoms with Crippen LogP contribution >= 0.6 is 0 Å². The summed E-state index contributed by atoms with van der Waals surface area (Å²) < 4.78 is 11.1. The lowest BCUT2D eigenvalue weighted by Crippen LogP contribution is -2.56. The van der Waals surface area contributed by atoms with E-state index < -0.39 is 29.9 Å². The summed E-state index contributed by atoms with van der Waals surface area (Å²) in [7, 11) is 0.